The summed E-state index contributed by atoms with van der Waals surface area (Å²) in [5.41, 5.74) is -0.670. The fourth-order valence-electron chi connectivity index (χ4n) is 2.08. The van der Waals surface area contributed by atoms with Crippen molar-refractivity contribution in [2.24, 2.45) is 0 Å². The molecule has 1 fully saturated rings. The largest absolute Gasteiger partial charge is 0.294 e. The molecule has 1 aromatic rings. The minimum atomic E-state index is -0.914. The summed E-state index contributed by atoms with van der Waals surface area (Å²) in [4.78, 5) is 24.9. The summed E-state index contributed by atoms with van der Waals surface area (Å²) in [5, 5.41) is 11.1. The third-order valence-corrected chi connectivity index (χ3v) is 3.49. The highest BCUT2D eigenvalue weighted by Gasteiger charge is 2.40. The highest BCUT2D eigenvalue weighted by Crippen LogP contribution is 2.23. The first-order valence-electron chi connectivity index (χ1n) is 6.13. The van der Waals surface area contributed by atoms with Gasteiger partial charge in [-0.15, -0.1) is 0 Å². The molecule has 1 aromatic carbocycles. The highest BCUT2D eigenvalue weighted by atomic mass is 19.1. The molecule has 104 valence electrons. The molecule has 2 amide bonds. The van der Waals surface area contributed by atoms with Gasteiger partial charge in [0.15, 0.2) is 0 Å². The number of imide groups is 1. The number of nitrogens with one attached hydrogen (secondary N) is 1. The van der Waals surface area contributed by atoms with Crippen LogP contribution in [-0.2, 0) is 16.1 Å². The van der Waals surface area contributed by atoms with Gasteiger partial charge in [0.1, 0.15) is 11.9 Å². The number of rotatable bonds is 2. The van der Waals surface area contributed by atoms with Crippen LogP contribution in [0.1, 0.15) is 25.0 Å². The van der Waals surface area contributed by atoms with Crippen molar-refractivity contribution in [3.8, 4) is 6.07 Å². The third kappa shape index (κ3) is 2.40. The molecule has 5 nitrogen and oxygen atoms in total. The van der Waals surface area contributed by atoms with E-state index in [2.05, 4.69) is 5.32 Å². The van der Waals surface area contributed by atoms with Crippen LogP contribution in [0.5, 0.6) is 0 Å². The predicted molar refractivity (Wildman–Crippen MR) is 68.8 cm³/mol. The van der Waals surface area contributed by atoms with E-state index in [9.17, 15) is 14.0 Å². The fraction of sp³-hybridized carbons (Fsp3) is 0.357. The Bertz CT molecular complexity index is 619. The summed E-state index contributed by atoms with van der Waals surface area (Å²) >= 11 is 0. The Morgan fingerprint density at radius 3 is 2.80 bits per heavy atom. The van der Waals surface area contributed by atoms with Crippen molar-refractivity contribution in [3.63, 3.8) is 0 Å². The predicted octanol–water partition coefficient (Wildman–Crippen LogP) is 0.934. The van der Waals surface area contributed by atoms with Gasteiger partial charge in [0, 0.05) is 12.1 Å². The topological polar surface area (TPSA) is 73.2 Å². The van der Waals surface area contributed by atoms with Crippen LogP contribution in [0, 0.1) is 17.1 Å². The molecular formula is C14H14FN3O2. The maximum Gasteiger partial charge on any atom is 0.246 e. The molecule has 0 spiro atoms. The Balaban J connectivity index is 2.31. The minimum absolute atomic E-state index is 0.00889. The van der Waals surface area contributed by atoms with E-state index in [0.29, 0.717) is 5.56 Å². The lowest BCUT2D eigenvalue weighted by molar-refractivity contribution is -0.145. The zero-order valence-electron chi connectivity index (χ0n) is 11.2. The van der Waals surface area contributed by atoms with E-state index in [-0.39, 0.29) is 18.7 Å². The van der Waals surface area contributed by atoms with Crippen molar-refractivity contribution >= 4 is 11.8 Å². The number of benzene rings is 1. The first-order valence-corrected chi connectivity index (χ1v) is 6.13. The second kappa shape index (κ2) is 5.02. The van der Waals surface area contributed by atoms with Gasteiger partial charge in [0.2, 0.25) is 11.8 Å². The summed E-state index contributed by atoms with van der Waals surface area (Å²) in [6.07, 6.45) is 0. The number of nitrogens with zero attached hydrogens (tertiary/aromatic N) is 2. The molecule has 1 heterocycles. The lowest BCUT2D eigenvalue weighted by Gasteiger charge is -2.40. The molecule has 1 aliphatic heterocycles. The zero-order valence-corrected chi connectivity index (χ0v) is 11.2. The van der Waals surface area contributed by atoms with Gasteiger partial charge < -0.3 is 0 Å². The minimum Gasteiger partial charge on any atom is -0.294 e. The Morgan fingerprint density at radius 2 is 2.15 bits per heavy atom. The second-order valence-electron chi connectivity index (χ2n) is 5.18. The van der Waals surface area contributed by atoms with E-state index in [1.165, 1.54) is 6.07 Å². The van der Waals surface area contributed by atoms with Crippen LogP contribution >= 0.6 is 0 Å². The first-order chi connectivity index (χ1) is 9.36. The third-order valence-electron chi connectivity index (χ3n) is 3.49. The van der Waals surface area contributed by atoms with E-state index in [1.807, 2.05) is 0 Å². The molecule has 2 rings (SSSR count). The molecule has 20 heavy (non-hydrogen) atoms. The van der Waals surface area contributed by atoms with Crippen LogP contribution in [-0.4, -0.2) is 28.8 Å². The van der Waals surface area contributed by atoms with E-state index in [1.54, 1.807) is 36.9 Å². The van der Waals surface area contributed by atoms with Crippen LogP contribution in [0.25, 0.3) is 0 Å². The quantitative estimate of drug-likeness (QED) is 0.815. The summed E-state index contributed by atoms with van der Waals surface area (Å²) in [7, 11) is 0. The smallest absolute Gasteiger partial charge is 0.246 e. The van der Waals surface area contributed by atoms with Crippen molar-refractivity contribution < 1.29 is 14.0 Å². The summed E-state index contributed by atoms with van der Waals surface area (Å²) in [6, 6.07) is 6.28. The standard InChI is InChI=1S/C14H14FN3O2/c1-14(2)13(20)17-11(19)8-18(14)7-10-5-3-4-9(6-16)12(10)15/h3-5H,7-8H2,1-2H3,(H,17,19,20). The molecular weight excluding hydrogens is 261 g/mol. The molecule has 1 saturated heterocycles. The van der Waals surface area contributed by atoms with Gasteiger partial charge in [-0.1, -0.05) is 12.1 Å². The highest BCUT2D eigenvalue weighted by molar-refractivity contribution is 6.02. The number of hydrogen-bond donors (Lipinski definition) is 1. The van der Waals surface area contributed by atoms with Crippen molar-refractivity contribution in [2.75, 3.05) is 6.54 Å². The number of hydrogen-bond acceptors (Lipinski definition) is 4. The van der Waals surface area contributed by atoms with Crippen molar-refractivity contribution in [2.45, 2.75) is 25.9 Å². The maximum atomic E-state index is 14.0. The van der Waals surface area contributed by atoms with Crippen LogP contribution < -0.4 is 5.32 Å². The van der Waals surface area contributed by atoms with E-state index in [0.717, 1.165) is 0 Å². The Labute approximate surface area is 116 Å². The summed E-state index contributed by atoms with van der Waals surface area (Å²) < 4.78 is 14.0. The summed E-state index contributed by atoms with van der Waals surface area (Å²) in [5.74, 6) is -1.43. The molecule has 0 saturated carbocycles. The van der Waals surface area contributed by atoms with Gasteiger partial charge >= 0.3 is 0 Å². The molecule has 0 atom stereocenters. The van der Waals surface area contributed by atoms with E-state index >= 15 is 0 Å². The van der Waals surface area contributed by atoms with Gasteiger partial charge in [-0.05, 0) is 19.9 Å². The Hall–Kier alpha value is -2.26. The number of nitriles is 1. The van der Waals surface area contributed by atoms with Crippen molar-refractivity contribution in [1.82, 2.24) is 10.2 Å². The van der Waals surface area contributed by atoms with E-state index in [4.69, 9.17) is 5.26 Å². The molecule has 0 aliphatic carbocycles. The number of amides is 2. The molecule has 0 unspecified atom stereocenters. The normalized spacial score (nSPS) is 18.5. The molecule has 0 bridgehead atoms. The number of carbonyl (C=O) groups is 2. The van der Waals surface area contributed by atoms with Gasteiger partial charge in [-0.3, -0.25) is 19.8 Å². The average Bonchev–Trinajstić information content (AvgIpc) is 2.38. The van der Waals surface area contributed by atoms with Crippen molar-refractivity contribution in [1.29, 1.82) is 5.26 Å². The lowest BCUT2D eigenvalue weighted by Crippen LogP contribution is -2.63. The molecule has 1 aliphatic rings. The molecule has 0 radical (unpaired) electrons. The lowest BCUT2D eigenvalue weighted by atomic mass is 9.97. The Morgan fingerprint density at radius 1 is 1.45 bits per heavy atom. The second-order valence-corrected chi connectivity index (χ2v) is 5.18. The van der Waals surface area contributed by atoms with Crippen molar-refractivity contribution in [3.05, 3.63) is 35.1 Å². The molecule has 0 aromatic heterocycles. The maximum absolute atomic E-state index is 14.0. The van der Waals surface area contributed by atoms with Gasteiger partial charge in [0.25, 0.3) is 0 Å². The van der Waals surface area contributed by atoms with Gasteiger partial charge in [0.05, 0.1) is 17.6 Å². The van der Waals surface area contributed by atoms with Crippen LogP contribution in [0.4, 0.5) is 4.39 Å². The Kier molecular flexibility index (Phi) is 3.55. The average molecular weight is 275 g/mol. The van der Waals surface area contributed by atoms with Gasteiger partial charge in [-0.25, -0.2) is 4.39 Å². The molecule has 6 heteroatoms. The molecule has 1 N–H and O–H groups in total. The van der Waals surface area contributed by atoms with Gasteiger partial charge in [-0.2, -0.15) is 5.26 Å². The van der Waals surface area contributed by atoms with Crippen LogP contribution in [0.3, 0.4) is 0 Å². The number of halogens is 1. The number of piperazine rings is 1. The SMILES string of the molecule is CC1(C)C(=O)NC(=O)CN1Cc1cccc(C#N)c1F. The van der Waals surface area contributed by atoms with Crippen LogP contribution in [0.15, 0.2) is 18.2 Å². The van der Waals surface area contributed by atoms with Crippen LogP contribution in [0.2, 0.25) is 0 Å². The zero-order chi connectivity index (χ0) is 14.9. The monoisotopic (exact) mass is 275 g/mol. The first kappa shape index (κ1) is 14.2. The fourth-order valence-corrected chi connectivity index (χ4v) is 2.08. The van der Waals surface area contributed by atoms with E-state index < -0.39 is 23.2 Å². The number of carbonyl (C=O) groups excluding carboxylic acids is 2. The summed E-state index contributed by atoms with van der Waals surface area (Å²) in [6.45, 7) is 3.43.